The van der Waals surface area contributed by atoms with Crippen molar-refractivity contribution in [1.29, 1.82) is 0 Å². The zero-order chi connectivity index (χ0) is 23.8. The lowest BCUT2D eigenvalue weighted by Gasteiger charge is -2.19. The second-order valence-corrected chi connectivity index (χ2v) is 9.87. The number of hydrogen-bond acceptors (Lipinski definition) is 5. The number of phenolic OH excluding ortho intramolecular Hbond substituents is 1. The van der Waals surface area contributed by atoms with Crippen LogP contribution >= 0.6 is 28.1 Å². The summed E-state index contributed by atoms with van der Waals surface area (Å²) in [6.45, 7) is 6.37. The van der Waals surface area contributed by atoms with Gasteiger partial charge in [-0.05, 0) is 87.7 Å². The Labute approximate surface area is 205 Å². The third-order valence-electron chi connectivity index (χ3n) is 5.08. The van der Waals surface area contributed by atoms with Crippen LogP contribution in [0.15, 0.2) is 69.6 Å². The van der Waals surface area contributed by atoms with Gasteiger partial charge in [0, 0.05) is 16.8 Å². The number of oxazole rings is 1. The van der Waals surface area contributed by atoms with Gasteiger partial charge in [-0.3, -0.25) is 10.1 Å². The topological polar surface area (TPSA) is 87.4 Å². The summed E-state index contributed by atoms with van der Waals surface area (Å²) in [5.41, 5.74) is 4.33. The summed E-state index contributed by atoms with van der Waals surface area (Å²) in [5, 5.41) is 15.6. The van der Waals surface area contributed by atoms with Gasteiger partial charge in [0.15, 0.2) is 10.7 Å². The highest BCUT2D eigenvalue weighted by Crippen LogP contribution is 2.31. The molecule has 0 atom stereocenters. The van der Waals surface area contributed by atoms with Gasteiger partial charge in [0.05, 0.1) is 4.47 Å². The van der Waals surface area contributed by atoms with Crippen molar-refractivity contribution in [2.75, 3.05) is 5.32 Å². The van der Waals surface area contributed by atoms with E-state index in [9.17, 15) is 9.90 Å². The first kappa shape index (κ1) is 22.9. The van der Waals surface area contributed by atoms with Crippen molar-refractivity contribution < 1.29 is 14.3 Å². The quantitative estimate of drug-likeness (QED) is 0.270. The molecule has 0 unspecified atom stereocenters. The molecule has 0 aliphatic carbocycles. The van der Waals surface area contributed by atoms with Crippen LogP contribution in [-0.4, -0.2) is 21.1 Å². The number of benzene rings is 3. The molecule has 0 radical (unpaired) electrons. The van der Waals surface area contributed by atoms with Gasteiger partial charge in [-0.25, -0.2) is 4.98 Å². The standard InChI is InChI=1S/C25H22BrN3O3S/c1-25(2,3)16-7-4-14(5-8-16)22(31)29-24(33)27-17-9-11-21-19(13-17)28-23(32-21)15-6-10-20(30)18(26)12-15/h4-13,30H,1-3H3,(H2,27,29,31,33). The van der Waals surface area contributed by atoms with Crippen LogP contribution < -0.4 is 10.6 Å². The summed E-state index contributed by atoms with van der Waals surface area (Å²) in [6, 6.07) is 17.9. The number of aromatic hydroxyl groups is 1. The van der Waals surface area contributed by atoms with Crippen LogP contribution in [0.25, 0.3) is 22.6 Å². The van der Waals surface area contributed by atoms with E-state index < -0.39 is 0 Å². The summed E-state index contributed by atoms with van der Waals surface area (Å²) < 4.78 is 6.38. The number of fused-ring (bicyclic) bond motifs is 1. The number of nitrogens with zero attached hydrogens (tertiary/aromatic N) is 1. The minimum Gasteiger partial charge on any atom is -0.507 e. The normalized spacial score (nSPS) is 11.4. The number of rotatable bonds is 3. The Kier molecular flexibility index (Phi) is 6.23. The van der Waals surface area contributed by atoms with Crippen LogP contribution in [0, 0.1) is 0 Å². The highest BCUT2D eigenvalue weighted by Gasteiger charge is 2.15. The SMILES string of the molecule is CC(C)(C)c1ccc(C(=O)NC(=S)Nc2ccc3oc(-c4ccc(O)c(Br)c4)nc3c2)cc1. The van der Waals surface area contributed by atoms with Crippen LogP contribution in [0.2, 0.25) is 0 Å². The lowest BCUT2D eigenvalue weighted by Crippen LogP contribution is -2.34. The number of amides is 1. The maximum Gasteiger partial charge on any atom is 0.257 e. The molecule has 3 N–H and O–H groups in total. The largest absolute Gasteiger partial charge is 0.507 e. The first-order valence-corrected chi connectivity index (χ1v) is 11.4. The number of anilines is 1. The molecule has 1 amide bonds. The van der Waals surface area contributed by atoms with Crippen LogP contribution in [0.3, 0.4) is 0 Å². The van der Waals surface area contributed by atoms with Crippen molar-refractivity contribution in [1.82, 2.24) is 10.3 Å². The molecule has 0 saturated heterocycles. The fraction of sp³-hybridized carbons (Fsp3) is 0.160. The Hall–Kier alpha value is -3.23. The highest BCUT2D eigenvalue weighted by molar-refractivity contribution is 9.10. The predicted octanol–water partition coefficient (Wildman–Crippen LogP) is 6.39. The van der Waals surface area contributed by atoms with Crippen LogP contribution in [0.4, 0.5) is 5.69 Å². The maximum absolute atomic E-state index is 12.5. The second-order valence-electron chi connectivity index (χ2n) is 8.60. The Morgan fingerprint density at radius 3 is 2.45 bits per heavy atom. The highest BCUT2D eigenvalue weighted by atomic mass is 79.9. The molecule has 0 spiro atoms. The zero-order valence-corrected chi connectivity index (χ0v) is 20.7. The minimum absolute atomic E-state index is 0.0181. The fourth-order valence-corrected chi connectivity index (χ4v) is 3.82. The number of nitrogens with one attached hydrogen (secondary N) is 2. The number of thiocarbonyl (C=S) groups is 1. The fourth-order valence-electron chi connectivity index (χ4n) is 3.23. The summed E-state index contributed by atoms with van der Waals surface area (Å²) in [6.07, 6.45) is 0. The molecule has 0 saturated carbocycles. The molecule has 1 heterocycles. The second kappa shape index (κ2) is 8.96. The first-order valence-electron chi connectivity index (χ1n) is 10.2. The summed E-state index contributed by atoms with van der Waals surface area (Å²) in [7, 11) is 0. The smallest absolute Gasteiger partial charge is 0.257 e. The van der Waals surface area contributed by atoms with E-state index in [4.69, 9.17) is 16.6 Å². The first-order chi connectivity index (χ1) is 15.6. The van der Waals surface area contributed by atoms with Crippen LogP contribution in [-0.2, 0) is 5.41 Å². The predicted molar refractivity (Wildman–Crippen MR) is 138 cm³/mol. The van der Waals surface area contributed by atoms with Gasteiger partial charge in [-0.2, -0.15) is 0 Å². The summed E-state index contributed by atoms with van der Waals surface area (Å²) in [5.74, 6) is 0.287. The number of halogens is 1. The van der Waals surface area contributed by atoms with E-state index in [0.29, 0.717) is 32.7 Å². The van der Waals surface area contributed by atoms with Gasteiger partial charge in [0.2, 0.25) is 5.89 Å². The van der Waals surface area contributed by atoms with E-state index in [1.165, 1.54) is 0 Å². The molecule has 168 valence electrons. The van der Waals surface area contributed by atoms with Gasteiger partial charge in [0.25, 0.3) is 5.91 Å². The van der Waals surface area contributed by atoms with Crippen molar-refractivity contribution in [2.45, 2.75) is 26.2 Å². The van der Waals surface area contributed by atoms with E-state index in [0.717, 1.165) is 11.1 Å². The third kappa shape index (κ3) is 5.23. The molecule has 33 heavy (non-hydrogen) atoms. The average molecular weight is 524 g/mol. The number of hydrogen-bond donors (Lipinski definition) is 3. The number of phenols is 1. The lowest BCUT2D eigenvalue weighted by molar-refractivity contribution is 0.0977. The third-order valence-corrected chi connectivity index (χ3v) is 5.92. The molecule has 1 aromatic heterocycles. The van der Waals surface area contributed by atoms with Crippen molar-refractivity contribution in [2.24, 2.45) is 0 Å². The Bertz CT molecular complexity index is 1360. The van der Waals surface area contributed by atoms with E-state index >= 15 is 0 Å². The molecule has 0 aliphatic rings. The van der Waals surface area contributed by atoms with Crippen molar-refractivity contribution in [3.63, 3.8) is 0 Å². The molecule has 8 heteroatoms. The van der Waals surface area contributed by atoms with Gasteiger partial charge in [0.1, 0.15) is 11.3 Å². The van der Waals surface area contributed by atoms with Gasteiger partial charge in [-0.1, -0.05) is 32.9 Å². The van der Waals surface area contributed by atoms with E-state index in [2.05, 4.69) is 52.3 Å². The average Bonchev–Trinajstić information content (AvgIpc) is 3.18. The number of carbonyl (C=O) groups is 1. The van der Waals surface area contributed by atoms with E-state index in [-0.39, 0.29) is 22.2 Å². The van der Waals surface area contributed by atoms with Crippen molar-refractivity contribution in [3.8, 4) is 17.2 Å². The van der Waals surface area contributed by atoms with Crippen molar-refractivity contribution >= 4 is 56.0 Å². The van der Waals surface area contributed by atoms with Crippen LogP contribution in [0.1, 0.15) is 36.7 Å². The van der Waals surface area contributed by atoms with E-state index in [1.54, 1.807) is 48.5 Å². The number of aromatic nitrogens is 1. The summed E-state index contributed by atoms with van der Waals surface area (Å²) in [4.78, 5) is 17.1. The maximum atomic E-state index is 12.5. The number of carbonyl (C=O) groups excluding carboxylic acids is 1. The van der Waals surface area contributed by atoms with Gasteiger partial charge >= 0.3 is 0 Å². The zero-order valence-electron chi connectivity index (χ0n) is 18.3. The van der Waals surface area contributed by atoms with Gasteiger partial charge in [-0.15, -0.1) is 0 Å². The molecular formula is C25H22BrN3O3S. The summed E-state index contributed by atoms with van der Waals surface area (Å²) >= 11 is 8.61. The molecule has 6 nitrogen and oxygen atoms in total. The molecule has 4 rings (SSSR count). The lowest BCUT2D eigenvalue weighted by atomic mass is 9.87. The molecule has 0 aliphatic heterocycles. The Balaban J connectivity index is 1.45. The minimum atomic E-state index is -0.282. The molecule has 3 aromatic carbocycles. The molecule has 0 fully saturated rings. The van der Waals surface area contributed by atoms with Crippen LogP contribution in [0.5, 0.6) is 5.75 Å². The Morgan fingerprint density at radius 1 is 1.06 bits per heavy atom. The molecule has 0 bridgehead atoms. The van der Waals surface area contributed by atoms with E-state index in [1.807, 2.05) is 12.1 Å². The van der Waals surface area contributed by atoms with Gasteiger partial charge < -0.3 is 14.8 Å². The van der Waals surface area contributed by atoms with Crippen molar-refractivity contribution in [3.05, 3.63) is 76.3 Å². The molecular weight excluding hydrogens is 502 g/mol. The molecule has 4 aromatic rings. The monoisotopic (exact) mass is 523 g/mol. The Morgan fingerprint density at radius 2 is 1.79 bits per heavy atom.